The summed E-state index contributed by atoms with van der Waals surface area (Å²) in [6.45, 7) is 0.858. The minimum Gasteiger partial charge on any atom is -0.352 e. The Hall–Kier alpha value is -0.660. The minimum atomic E-state index is -3.36. The second-order valence-electron chi connectivity index (χ2n) is 6.16. The van der Waals surface area contributed by atoms with Gasteiger partial charge in [-0.1, -0.05) is 25.7 Å². The summed E-state index contributed by atoms with van der Waals surface area (Å²) in [4.78, 5) is 14.0. The van der Waals surface area contributed by atoms with Gasteiger partial charge in [0.15, 0.2) is 0 Å². The Labute approximate surface area is 128 Å². The maximum atomic E-state index is 12.1. The molecule has 0 aromatic heterocycles. The molecule has 0 unspecified atom stereocenters. The SMILES string of the molecule is CN(C)CCN(CC(=O)NC1CCCCCC1)S(C)(=O)=O. The Bertz CT molecular complexity index is 415. The third-order valence-electron chi connectivity index (χ3n) is 3.81. The molecule has 1 rings (SSSR count). The highest BCUT2D eigenvalue weighted by Gasteiger charge is 2.22. The molecule has 124 valence electrons. The minimum absolute atomic E-state index is 0.0802. The van der Waals surface area contributed by atoms with E-state index in [9.17, 15) is 13.2 Å². The third-order valence-corrected chi connectivity index (χ3v) is 5.06. The van der Waals surface area contributed by atoms with E-state index in [4.69, 9.17) is 0 Å². The van der Waals surface area contributed by atoms with Crippen molar-refractivity contribution in [1.29, 1.82) is 0 Å². The number of likely N-dealkylation sites (N-methyl/N-ethyl adjacent to an activating group) is 1. The fourth-order valence-corrected chi connectivity index (χ4v) is 3.30. The van der Waals surface area contributed by atoms with Gasteiger partial charge in [-0.15, -0.1) is 0 Å². The fraction of sp³-hybridized carbons (Fsp3) is 0.929. The van der Waals surface area contributed by atoms with Crippen LogP contribution >= 0.6 is 0 Å². The first-order chi connectivity index (χ1) is 9.79. The lowest BCUT2D eigenvalue weighted by Gasteiger charge is -2.23. The zero-order chi connectivity index (χ0) is 15.9. The van der Waals surface area contributed by atoms with Gasteiger partial charge in [0.25, 0.3) is 0 Å². The van der Waals surface area contributed by atoms with Gasteiger partial charge in [0.1, 0.15) is 0 Å². The molecule has 6 nitrogen and oxygen atoms in total. The first-order valence-electron chi connectivity index (χ1n) is 7.68. The summed E-state index contributed by atoms with van der Waals surface area (Å²) in [6, 6.07) is 0.204. The first-order valence-corrected chi connectivity index (χ1v) is 9.53. The van der Waals surface area contributed by atoms with Crippen molar-refractivity contribution in [2.75, 3.05) is 40.0 Å². The Balaban J connectivity index is 2.50. The lowest BCUT2D eigenvalue weighted by Crippen LogP contribution is -2.45. The average Bonchev–Trinajstić information content (AvgIpc) is 2.61. The van der Waals surface area contributed by atoms with Gasteiger partial charge >= 0.3 is 0 Å². The van der Waals surface area contributed by atoms with E-state index < -0.39 is 10.0 Å². The molecule has 1 aliphatic rings. The van der Waals surface area contributed by atoms with Crippen molar-refractivity contribution in [3.8, 4) is 0 Å². The van der Waals surface area contributed by atoms with E-state index in [0.29, 0.717) is 13.1 Å². The maximum Gasteiger partial charge on any atom is 0.235 e. The smallest absolute Gasteiger partial charge is 0.235 e. The number of nitrogens with one attached hydrogen (secondary N) is 1. The normalized spacial score (nSPS) is 18.0. The van der Waals surface area contributed by atoms with Crippen LogP contribution in [0.15, 0.2) is 0 Å². The largest absolute Gasteiger partial charge is 0.352 e. The maximum absolute atomic E-state index is 12.1. The van der Waals surface area contributed by atoms with Crippen LogP contribution in [0.2, 0.25) is 0 Å². The molecule has 1 aliphatic carbocycles. The van der Waals surface area contributed by atoms with Gasteiger partial charge in [0, 0.05) is 19.1 Å². The van der Waals surface area contributed by atoms with Gasteiger partial charge in [-0.2, -0.15) is 4.31 Å². The van der Waals surface area contributed by atoms with Crippen LogP contribution in [0.5, 0.6) is 0 Å². The molecular weight excluding hydrogens is 290 g/mol. The van der Waals surface area contributed by atoms with Crippen LogP contribution in [0.25, 0.3) is 0 Å². The summed E-state index contributed by atoms with van der Waals surface area (Å²) >= 11 is 0. The zero-order valence-corrected chi connectivity index (χ0v) is 14.3. The Morgan fingerprint density at radius 3 is 2.14 bits per heavy atom. The molecule has 21 heavy (non-hydrogen) atoms. The van der Waals surface area contributed by atoms with E-state index in [1.165, 1.54) is 17.1 Å². The van der Waals surface area contributed by atoms with Crippen molar-refractivity contribution >= 4 is 15.9 Å². The lowest BCUT2D eigenvalue weighted by atomic mass is 10.1. The molecule has 0 bridgehead atoms. The van der Waals surface area contributed by atoms with Crippen molar-refractivity contribution in [2.45, 2.75) is 44.6 Å². The zero-order valence-electron chi connectivity index (χ0n) is 13.5. The third kappa shape index (κ3) is 7.78. The molecule has 0 aliphatic heterocycles. The van der Waals surface area contributed by atoms with Crippen LogP contribution in [0.4, 0.5) is 0 Å². The van der Waals surface area contributed by atoms with Crippen LogP contribution < -0.4 is 5.32 Å². The highest BCUT2D eigenvalue weighted by atomic mass is 32.2. The lowest BCUT2D eigenvalue weighted by molar-refractivity contribution is -0.122. The molecule has 7 heteroatoms. The standard InChI is InChI=1S/C14H29N3O3S/c1-16(2)10-11-17(21(3,19)20)12-14(18)15-13-8-6-4-5-7-9-13/h13H,4-12H2,1-3H3,(H,15,18). The van der Waals surface area contributed by atoms with Crippen LogP contribution in [0, 0.1) is 0 Å². The van der Waals surface area contributed by atoms with Gasteiger partial charge in [-0.05, 0) is 26.9 Å². The summed E-state index contributed by atoms with van der Waals surface area (Å²) < 4.78 is 24.8. The van der Waals surface area contributed by atoms with Crippen molar-refractivity contribution in [1.82, 2.24) is 14.5 Å². The van der Waals surface area contributed by atoms with E-state index in [-0.39, 0.29) is 18.5 Å². The molecule has 1 fully saturated rings. The van der Waals surface area contributed by atoms with Crippen molar-refractivity contribution in [3.63, 3.8) is 0 Å². The summed E-state index contributed by atoms with van der Waals surface area (Å²) in [5, 5.41) is 2.99. The summed E-state index contributed by atoms with van der Waals surface area (Å²) in [6.07, 6.45) is 7.89. The Kier molecular flexibility index (Phi) is 7.62. The summed E-state index contributed by atoms with van der Waals surface area (Å²) in [5.74, 6) is -0.189. The Morgan fingerprint density at radius 1 is 1.10 bits per heavy atom. The number of hydrogen-bond donors (Lipinski definition) is 1. The number of amides is 1. The molecule has 1 N–H and O–H groups in total. The van der Waals surface area contributed by atoms with Crippen LogP contribution in [0.3, 0.4) is 0 Å². The fourth-order valence-electron chi connectivity index (χ4n) is 2.53. The predicted octanol–water partition coefficient (Wildman–Crippen LogP) is 0.649. The second-order valence-corrected chi connectivity index (χ2v) is 8.14. The highest BCUT2D eigenvalue weighted by Crippen LogP contribution is 2.17. The summed E-state index contributed by atoms with van der Waals surface area (Å²) in [5.41, 5.74) is 0. The molecule has 0 aromatic rings. The quantitative estimate of drug-likeness (QED) is 0.700. The molecule has 0 saturated heterocycles. The number of hydrogen-bond acceptors (Lipinski definition) is 4. The topological polar surface area (TPSA) is 69.7 Å². The van der Waals surface area contributed by atoms with Crippen LogP contribution in [-0.2, 0) is 14.8 Å². The number of rotatable bonds is 7. The molecule has 0 heterocycles. The Morgan fingerprint density at radius 2 is 1.67 bits per heavy atom. The number of carbonyl (C=O) groups excluding carboxylic acids is 1. The number of carbonyl (C=O) groups is 1. The first kappa shape index (κ1) is 18.4. The van der Waals surface area contributed by atoms with E-state index in [1.807, 2.05) is 19.0 Å². The highest BCUT2D eigenvalue weighted by molar-refractivity contribution is 7.88. The van der Waals surface area contributed by atoms with Crippen molar-refractivity contribution < 1.29 is 13.2 Å². The van der Waals surface area contributed by atoms with E-state index >= 15 is 0 Å². The molecule has 0 radical (unpaired) electrons. The molecule has 0 spiro atoms. The second kappa shape index (κ2) is 8.70. The molecule has 0 atom stereocenters. The van der Waals surface area contributed by atoms with Gasteiger partial charge in [-0.25, -0.2) is 8.42 Å². The molecular formula is C14H29N3O3S. The van der Waals surface area contributed by atoms with E-state index in [0.717, 1.165) is 31.9 Å². The average molecular weight is 319 g/mol. The monoisotopic (exact) mass is 319 g/mol. The molecule has 0 aromatic carbocycles. The van der Waals surface area contributed by atoms with Crippen molar-refractivity contribution in [2.24, 2.45) is 0 Å². The van der Waals surface area contributed by atoms with Gasteiger partial charge < -0.3 is 10.2 Å². The van der Waals surface area contributed by atoms with Gasteiger partial charge in [0.05, 0.1) is 12.8 Å². The number of nitrogens with zero attached hydrogens (tertiary/aromatic N) is 2. The van der Waals surface area contributed by atoms with Crippen molar-refractivity contribution in [3.05, 3.63) is 0 Å². The predicted molar refractivity (Wildman–Crippen MR) is 84.6 cm³/mol. The van der Waals surface area contributed by atoms with Crippen LogP contribution in [0.1, 0.15) is 38.5 Å². The number of sulfonamides is 1. The van der Waals surface area contributed by atoms with Gasteiger partial charge in [0.2, 0.25) is 15.9 Å². The van der Waals surface area contributed by atoms with E-state index in [1.54, 1.807) is 0 Å². The molecule has 1 saturated carbocycles. The summed E-state index contributed by atoms with van der Waals surface area (Å²) in [7, 11) is 0.404. The van der Waals surface area contributed by atoms with E-state index in [2.05, 4.69) is 5.32 Å². The van der Waals surface area contributed by atoms with Gasteiger partial charge in [-0.3, -0.25) is 4.79 Å². The van der Waals surface area contributed by atoms with Crippen LogP contribution in [-0.4, -0.2) is 69.6 Å². The molecule has 1 amide bonds.